The van der Waals surface area contributed by atoms with E-state index >= 15 is 0 Å². The Kier molecular flexibility index (Phi) is 8.58. The standard InChI is InChI=1S/C21H31FN4O4S/c1-15(2)24-20(27)25(10-11-30-5)13-19-12-23-21(26(19)16(3)4)31(28,29)14-17-6-8-18(22)9-7-17/h6-9,12,15-16H,10-11,13-14H2,1-5H3,(H,24,27). The molecular weight excluding hydrogens is 423 g/mol. The molecule has 8 nitrogen and oxygen atoms in total. The van der Waals surface area contributed by atoms with E-state index in [0.717, 1.165) is 0 Å². The molecule has 2 rings (SSSR count). The van der Waals surface area contributed by atoms with Crippen LogP contribution in [0.15, 0.2) is 35.6 Å². The molecule has 2 amide bonds. The van der Waals surface area contributed by atoms with Crippen molar-refractivity contribution in [1.29, 1.82) is 0 Å². The predicted octanol–water partition coefficient (Wildman–Crippen LogP) is 3.14. The van der Waals surface area contributed by atoms with E-state index in [-0.39, 0.29) is 35.6 Å². The second-order valence-corrected chi connectivity index (χ2v) is 9.78. The number of aromatic nitrogens is 2. The van der Waals surface area contributed by atoms with Gasteiger partial charge in [-0.25, -0.2) is 22.6 Å². The van der Waals surface area contributed by atoms with Crippen molar-refractivity contribution in [2.45, 2.75) is 57.2 Å². The molecule has 1 heterocycles. The molecule has 172 valence electrons. The number of hydrogen-bond donors (Lipinski definition) is 1. The Labute approximate surface area is 183 Å². The van der Waals surface area contributed by atoms with E-state index in [1.807, 2.05) is 27.7 Å². The minimum absolute atomic E-state index is 0.0424. The van der Waals surface area contributed by atoms with Crippen LogP contribution in [-0.4, -0.2) is 55.2 Å². The molecule has 0 aliphatic carbocycles. The van der Waals surface area contributed by atoms with Gasteiger partial charge < -0.3 is 19.5 Å². The maximum Gasteiger partial charge on any atom is 0.318 e. The number of nitrogens with zero attached hydrogens (tertiary/aromatic N) is 3. The van der Waals surface area contributed by atoms with Crippen molar-refractivity contribution in [2.24, 2.45) is 0 Å². The Hall–Kier alpha value is -2.46. The lowest BCUT2D eigenvalue weighted by Crippen LogP contribution is -2.44. The molecule has 2 aromatic rings. The normalized spacial score (nSPS) is 11.9. The molecule has 1 aromatic carbocycles. The molecule has 10 heteroatoms. The summed E-state index contributed by atoms with van der Waals surface area (Å²) in [7, 11) is -2.23. The van der Waals surface area contributed by atoms with Crippen LogP contribution >= 0.6 is 0 Å². The Morgan fingerprint density at radius 3 is 2.42 bits per heavy atom. The number of methoxy groups -OCH3 is 1. The molecule has 0 saturated carbocycles. The third-order valence-corrected chi connectivity index (χ3v) is 6.09. The number of ether oxygens (including phenoxy) is 1. The number of rotatable bonds is 10. The molecular formula is C21H31FN4O4S. The number of hydrogen-bond acceptors (Lipinski definition) is 5. The summed E-state index contributed by atoms with van der Waals surface area (Å²) in [6.45, 7) is 8.31. The largest absolute Gasteiger partial charge is 0.383 e. The van der Waals surface area contributed by atoms with Crippen LogP contribution in [0.1, 0.15) is 45.0 Å². The van der Waals surface area contributed by atoms with Crippen molar-refractivity contribution >= 4 is 15.9 Å². The van der Waals surface area contributed by atoms with Gasteiger partial charge in [-0.3, -0.25) is 0 Å². The van der Waals surface area contributed by atoms with Crippen LogP contribution in [0, 0.1) is 5.82 Å². The highest BCUT2D eigenvalue weighted by molar-refractivity contribution is 7.90. The molecule has 0 radical (unpaired) electrons. The highest BCUT2D eigenvalue weighted by Gasteiger charge is 2.27. The van der Waals surface area contributed by atoms with Crippen LogP contribution < -0.4 is 5.32 Å². The van der Waals surface area contributed by atoms with Gasteiger partial charge in [0.15, 0.2) is 0 Å². The van der Waals surface area contributed by atoms with Gasteiger partial charge in [-0.15, -0.1) is 0 Å². The average molecular weight is 455 g/mol. The summed E-state index contributed by atoms with van der Waals surface area (Å²) in [4.78, 5) is 18.4. The van der Waals surface area contributed by atoms with Gasteiger partial charge in [-0.05, 0) is 45.4 Å². The van der Waals surface area contributed by atoms with Gasteiger partial charge in [-0.1, -0.05) is 12.1 Å². The van der Waals surface area contributed by atoms with Crippen LogP contribution in [0.3, 0.4) is 0 Å². The number of carbonyl (C=O) groups is 1. The van der Waals surface area contributed by atoms with Crippen molar-refractivity contribution in [2.75, 3.05) is 20.3 Å². The molecule has 1 N–H and O–H groups in total. The van der Waals surface area contributed by atoms with Crippen molar-refractivity contribution < 1.29 is 22.3 Å². The zero-order valence-electron chi connectivity index (χ0n) is 18.6. The SMILES string of the molecule is COCCN(Cc1cnc(S(=O)(=O)Cc2ccc(F)cc2)n1C(C)C)C(=O)NC(C)C. The molecule has 31 heavy (non-hydrogen) atoms. The fourth-order valence-electron chi connectivity index (χ4n) is 3.13. The molecule has 0 unspecified atom stereocenters. The summed E-state index contributed by atoms with van der Waals surface area (Å²) in [6, 6.07) is 4.84. The number of halogens is 1. The second kappa shape index (κ2) is 10.7. The van der Waals surface area contributed by atoms with Crippen molar-refractivity contribution in [1.82, 2.24) is 19.8 Å². The van der Waals surface area contributed by atoms with E-state index in [9.17, 15) is 17.6 Å². The van der Waals surface area contributed by atoms with Crippen molar-refractivity contribution in [3.8, 4) is 0 Å². The predicted molar refractivity (Wildman–Crippen MR) is 116 cm³/mol. The zero-order valence-corrected chi connectivity index (χ0v) is 19.4. The maximum atomic E-state index is 13.2. The number of urea groups is 1. The Balaban J connectivity index is 2.35. The molecule has 0 atom stereocenters. The van der Waals surface area contributed by atoms with E-state index in [2.05, 4.69) is 10.3 Å². The first-order valence-electron chi connectivity index (χ1n) is 10.1. The molecule has 1 aromatic heterocycles. The average Bonchev–Trinajstić information content (AvgIpc) is 3.11. The third kappa shape index (κ3) is 6.76. The topological polar surface area (TPSA) is 93.5 Å². The van der Waals surface area contributed by atoms with E-state index in [1.165, 1.54) is 30.5 Å². The Bertz CT molecular complexity index is 972. The Morgan fingerprint density at radius 1 is 1.23 bits per heavy atom. The third-order valence-electron chi connectivity index (χ3n) is 4.52. The lowest BCUT2D eigenvalue weighted by Gasteiger charge is -2.25. The van der Waals surface area contributed by atoms with E-state index in [4.69, 9.17) is 4.74 Å². The molecule has 0 bridgehead atoms. The smallest absolute Gasteiger partial charge is 0.318 e. The number of benzene rings is 1. The van der Waals surface area contributed by atoms with Crippen LogP contribution in [0.4, 0.5) is 9.18 Å². The van der Waals surface area contributed by atoms with Crippen molar-refractivity contribution in [3.05, 3.63) is 47.5 Å². The lowest BCUT2D eigenvalue weighted by atomic mass is 10.2. The van der Waals surface area contributed by atoms with Gasteiger partial charge in [-0.2, -0.15) is 0 Å². The van der Waals surface area contributed by atoms with Gasteiger partial charge in [0.05, 0.1) is 30.8 Å². The van der Waals surface area contributed by atoms with Crippen LogP contribution in [-0.2, 0) is 26.9 Å². The minimum Gasteiger partial charge on any atom is -0.383 e. The second-order valence-electron chi connectivity index (χ2n) is 7.90. The van der Waals surface area contributed by atoms with Gasteiger partial charge in [0.2, 0.25) is 15.0 Å². The summed E-state index contributed by atoms with van der Waals surface area (Å²) in [5, 5.41) is 2.78. The van der Waals surface area contributed by atoms with Gasteiger partial charge in [0, 0.05) is 25.7 Å². The summed E-state index contributed by atoms with van der Waals surface area (Å²) >= 11 is 0. The van der Waals surface area contributed by atoms with Gasteiger partial charge >= 0.3 is 6.03 Å². The lowest BCUT2D eigenvalue weighted by molar-refractivity contribution is 0.144. The first kappa shape index (κ1) is 24.8. The molecule has 0 spiro atoms. The van der Waals surface area contributed by atoms with E-state index < -0.39 is 15.7 Å². The molecule has 0 aliphatic rings. The highest BCUT2D eigenvalue weighted by Crippen LogP contribution is 2.23. The number of sulfone groups is 1. The number of amides is 2. The van der Waals surface area contributed by atoms with Crippen LogP contribution in [0.2, 0.25) is 0 Å². The van der Waals surface area contributed by atoms with Crippen molar-refractivity contribution in [3.63, 3.8) is 0 Å². The monoisotopic (exact) mass is 454 g/mol. The number of nitrogens with one attached hydrogen (secondary N) is 1. The van der Waals surface area contributed by atoms with Crippen LogP contribution in [0.5, 0.6) is 0 Å². The summed E-state index contributed by atoms with van der Waals surface area (Å²) in [5.74, 6) is -0.722. The first-order valence-corrected chi connectivity index (χ1v) is 11.8. The summed E-state index contributed by atoms with van der Waals surface area (Å²) in [5.41, 5.74) is 1.07. The number of carbonyl (C=O) groups excluding carboxylic acids is 1. The fourth-order valence-corrected chi connectivity index (χ4v) is 4.73. The summed E-state index contributed by atoms with van der Waals surface area (Å²) in [6.07, 6.45) is 1.49. The zero-order chi connectivity index (χ0) is 23.2. The Morgan fingerprint density at radius 2 is 1.87 bits per heavy atom. The number of imidazole rings is 1. The quantitative estimate of drug-likeness (QED) is 0.595. The molecule has 0 aliphatic heterocycles. The molecule has 0 saturated heterocycles. The van der Waals surface area contributed by atoms with E-state index in [1.54, 1.807) is 16.6 Å². The summed E-state index contributed by atoms with van der Waals surface area (Å²) < 4.78 is 46.0. The van der Waals surface area contributed by atoms with Crippen LogP contribution in [0.25, 0.3) is 0 Å². The maximum absolute atomic E-state index is 13.2. The minimum atomic E-state index is -3.79. The first-order chi connectivity index (χ1) is 14.5. The van der Waals surface area contributed by atoms with Gasteiger partial charge in [0.1, 0.15) is 5.82 Å². The fraction of sp³-hybridized carbons (Fsp3) is 0.524. The van der Waals surface area contributed by atoms with E-state index in [0.29, 0.717) is 24.4 Å². The highest BCUT2D eigenvalue weighted by atomic mass is 32.2. The van der Waals surface area contributed by atoms with Gasteiger partial charge in [0.25, 0.3) is 0 Å². The molecule has 0 fully saturated rings.